The van der Waals surface area contributed by atoms with Gasteiger partial charge in [0, 0.05) is 6.54 Å². The van der Waals surface area contributed by atoms with E-state index in [1.165, 1.54) is 0 Å². The molecule has 1 aliphatic heterocycles. The van der Waals surface area contributed by atoms with Crippen molar-refractivity contribution >= 4 is 5.97 Å². The summed E-state index contributed by atoms with van der Waals surface area (Å²) in [6, 6.07) is 0. The van der Waals surface area contributed by atoms with Crippen molar-refractivity contribution < 1.29 is 9.53 Å². The van der Waals surface area contributed by atoms with E-state index in [9.17, 15) is 4.79 Å². The van der Waals surface area contributed by atoms with Gasteiger partial charge in [-0.25, -0.2) is 0 Å². The summed E-state index contributed by atoms with van der Waals surface area (Å²) >= 11 is 0. The predicted molar refractivity (Wildman–Crippen MR) is 65.1 cm³/mol. The molecule has 0 spiro atoms. The third-order valence-electron chi connectivity index (χ3n) is 3.04. The molecule has 0 aromatic carbocycles. The molecule has 1 saturated heterocycles. The number of nitrogens with one attached hydrogen (secondary N) is 1. The molecule has 1 aliphatic rings. The van der Waals surface area contributed by atoms with E-state index in [1.807, 2.05) is 20.8 Å². The number of ether oxygens (including phenoxy) is 1. The molecule has 0 bridgehead atoms. The lowest BCUT2D eigenvalue weighted by Crippen LogP contribution is -2.36. The van der Waals surface area contributed by atoms with Gasteiger partial charge >= 0.3 is 5.97 Å². The highest BCUT2D eigenvalue weighted by molar-refractivity contribution is 5.74. The van der Waals surface area contributed by atoms with Crippen molar-refractivity contribution in [3.63, 3.8) is 0 Å². The highest BCUT2D eigenvalue weighted by Crippen LogP contribution is 2.35. The van der Waals surface area contributed by atoms with Crippen LogP contribution in [0.25, 0.3) is 0 Å². The van der Waals surface area contributed by atoms with E-state index in [4.69, 9.17) is 4.74 Å². The molecule has 1 N–H and O–H groups in total. The van der Waals surface area contributed by atoms with E-state index >= 15 is 0 Å². The Labute approximate surface area is 98.9 Å². The SMILES string of the molecule is CC(C)(C)OC(=O)[C@@H]1CNC[C@H]1C(C)(C)C. The summed E-state index contributed by atoms with van der Waals surface area (Å²) in [5.41, 5.74) is -0.243. The molecule has 3 heteroatoms. The van der Waals surface area contributed by atoms with Gasteiger partial charge in [-0.1, -0.05) is 20.8 Å². The minimum Gasteiger partial charge on any atom is -0.460 e. The Kier molecular flexibility index (Phi) is 3.68. The van der Waals surface area contributed by atoms with Gasteiger partial charge in [-0.15, -0.1) is 0 Å². The van der Waals surface area contributed by atoms with Crippen LogP contribution in [0.5, 0.6) is 0 Å². The molecule has 16 heavy (non-hydrogen) atoms. The van der Waals surface area contributed by atoms with Gasteiger partial charge in [-0.3, -0.25) is 4.79 Å². The molecule has 0 unspecified atom stereocenters. The summed E-state index contributed by atoms with van der Waals surface area (Å²) < 4.78 is 5.47. The van der Waals surface area contributed by atoms with Crippen molar-refractivity contribution in [2.75, 3.05) is 13.1 Å². The van der Waals surface area contributed by atoms with Crippen molar-refractivity contribution in [2.24, 2.45) is 17.3 Å². The third kappa shape index (κ3) is 3.48. The zero-order valence-corrected chi connectivity index (χ0v) is 11.4. The number of rotatable bonds is 1. The second-order valence-electron chi connectivity index (χ2n) is 6.77. The molecule has 0 aliphatic carbocycles. The Balaban J connectivity index is 2.69. The molecule has 0 aromatic heterocycles. The summed E-state index contributed by atoms with van der Waals surface area (Å²) in [4.78, 5) is 12.1. The molecule has 1 rings (SSSR count). The molecule has 0 aromatic rings. The van der Waals surface area contributed by atoms with E-state index in [1.54, 1.807) is 0 Å². The zero-order valence-electron chi connectivity index (χ0n) is 11.4. The molecule has 2 atom stereocenters. The predicted octanol–water partition coefficient (Wildman–Crippen LogP) is 2.21. The first kappa shape index (κ1) is 13.5. The largest absolute Gasteiger partial charge is 0.460 e. The van der Waals surface area contributed by atoms with Crippen LogP contribution in [-0.2, 0) is 9.53 Å². The Morgan fingerprint density at radius 1 is 1.12 bits per heavy atom. The zero-order chi connectivity index (χ0) is 12.6. The van der Waals surface area contributed by atoms with Gasteiger partial charge in [-0.05, 0) is 38.6 Å². The fourth-order valence-electron chi connectivity index (χ4n) is 2.21. The standard InChI is InChI=1S/C13H25NO2/c1-12(2,3)10-8-14-7-9(10)11(15)16-13(4,5)6/h9-10,14H,7-8H2,1-6H3/t9-,10-/m1/s1. The molecule has 94 valence electrons. The minimum absolute atomic E-state index is 0.000718. The minimum atomic E-state index is -0.387. The van der Waals surface area contributed by atoms with Crippen molar-refractivity contribution in [3.8, 4) is 0 Å². The summed E-state index contributed by atoms with van der Waals surface area (Å²) in [7, 11) is 0. The van der Waals surface area contributed by atoms with Gasteiger partial charge in [0.25, 0.3) is 0 Å². The fraction of sp³-hybridized carbons (Fsp3) is 0.923. The summed E-state index contributed by atoms with van der Waals surface area (Å²) in [6.07, 6.45) is 0. The maximum Gasteiger partial charge on any atom is 0.311 e. The van der Waals surface area contributed by atoms with Crippen LogP contribution in [0.1, 0.15) is 41.5 Å². The average molecular weight is 227 g/mol. The van der Waals surface area contributed by atoms with Gasteiger partial charge < -0.3 is 10.1 Å². The number of carbonyl (C=O) groups is 1. The summed E-state index contributed by atoms with van der Waals surface area (Å²) in [6.45, 7) is 14.0. The van der Waals surface area contributed by atoms with E-state index in [0.717, 1.165) is 13.1 Å². The van der Waals surface area contributed by atoms with Crippen molar-refractivity contribution in [1.29, 1.82) is 0 Å². The summed E-state index contributed by atoms with van der Waals surface area (Å²) in [5, 5.41) is 3.29. The molecule has 1 heterocycles. The molecule has 0 radical (unpaired) electrons. The molecule has 3 nitrogen and oxygen atoms in total. The highest BCUT2D eigenvalue weighted by atomic mass is 16.6. The lowest BCUT2D eigenvalue weighted by Gasteiger charge is -2.32. The van der Waals surface area contributed by atoms with Crippen LogP contribution >= 0.6 is 0 Å². The Morgan fingerprint density at radius 2 is 1.69 bits per heavy atom. The Hall–Kier alpha value is -0.570. The van der Waals surface area contributed by atoms with Gasteiger partial charge in [0.05, 0.1) is 5.92 Å². The van der Waals surface area contributed by atoms with E-state index in [2.05, 4.69) is 26.1 Å². The lowest BCUT2D eigenvalue weighted by molar-refractivity contribution is -0.162. The maximum atomic E-state index is 12.1. The van der Waals surface area contributed by atoms with Crippen LogP contribution in [0, 0.1) is 17.3 Å². The number of esters is 1. The van der Waals surface area contributed by atoms with Crippen LogP contribution < -0.4 is 5.32 Å². The monoisotopic (exact) mass is 227 g/mol. The van der Waals surface area contributed by atoms with E-state index in [0.29, 0.717) is 5.92 Å². The smallest absolute Gasteiger partial charge is 0.311 e. The third-order valence-corrected chi connectivity index (χ3v) is 3.04. The van der Waals surface area contributed by atoms with E-state index in [-0.39, 0.29) is 22.9 Å². The first-order chi connectivity index (χ1) is 7.11. The normalized spacial score (nSPS) is 26.9. The Morgan fingerprint density at radius 3 is 2.12 bits per heavy atom. The van der Waals surface area contributed by atoms with Gasteiger partial charge in [0.2, 0.25) is 0 Å². The second kappa shape index (κ2) is 4.36. The van der Waals surface area contributed by atoms with Crippen LogP contribution in [0.3, 0.4) is 0 Å². The van der Waals surface area contributed by atoms with Crippen LogP contribution in [-0.4, -0.2) is 24.7 Å². The molecular weight excluding hydrogens is 202 g/mol. The van der Waals surface area contributed by atoms with Crippen LogP contribution in [0.4, 0.5) is 0 Å². The Bertz CT molecular complexity index is 260. The first-order valence-corrected chi connectivity index (χ1v) is 6.05. The van der Waals surface area contributed by atoms with Gasteiger partial charge in [0.1, 0.15) is 5.60 Å². The van der Waals surface area contributed by atoms with Crippen molar-refractivity contribution in [1.82, 2.24) is 5.32 Å². The maximum absolute atomic E-state index is 12.1. The van der Waals surface area contributed by atoms with Crippen LogP contribution in [0.2, 0.25) is 0 Å². The molecule has 0 amide bonds. The first-order valence-electron chi connectivity index (χ1n) is 6.05. The molecular formula is C13H25NO2. The second-order valence-corrected chi connectivity index (χ2v) is 6.77. The topological polar surface area (TPSA) is 38.3 Å². The van der Waals surface area contributed by atoms with Crippen molar-refractivity contribution in [3.05, 3.63) is 0 Å². The summed E-state index contributed by atoms with van der Waals surface area (Å²) in [5.74, 6) is 0.305. The van der Waals surface area contributed by atoms with Gasteiger partial charge in [0.15, 0.2) is 0 Å². The highest BCUT2D eigenvalue weighted by Gasteiger charge is 2.41. The van der Waals surface area contributed by atoms with Gasteiger partial charge in [-0.2, -0.15) is 0 Å². The fourth-order valence-corrected chi connectivity index (χ4v) is 2.21. The average Bonchev–Trinajstić information content (AvgIpc) is 2.45. The number of hydrogen-bond acceptors (Lipinski definition) is 3. The molecule has 0 saturated carbocycles. The number of carbonyl (C=O) groups excluding carboxylic acids is 1. The quantitative estimate of drug-likeness (QED) is 0.698. The lowest BCUT2D eigenvalue weighted by atomic mass is 9.75. The van der Waals surface area contributed by atoms with E-state index < -0.39 is 0 Å². The van der Waals surface area contributed by atoms with Crippen molar-refractivity contribution in [2.45, 2.75) is 47.1 Å². The van der Waals surface area contributed by atoms with Crippen LogP contribution in [0.15, 0.2) is 0 Å². The number of hydrogen-bond donors (Lipinski definition) is 1. The molecule has 1 fully saturated rings.